The summed E-state index contributed by atoms with van der Waals surface area (Å²) in [7, 11) is 4.28. The van der Waals surface area contributed by atoms with Crippen molar-refractivity contribution in [2.75, 3.05) is 38.6 Å². The summed E-state index contributed by atoms with van der Waals surface area (Å²) < 4.78 is 0. The molecule has 1 fully saturated rings. The van der Waals surface area contributed by atoms with Crippen LogP contribution in [0.25, 0.3) is 6.08 Å². The average Bonchev–Trinajstić information content (AvgIpc) is 2.82. The van der Waals surface area contributed by atoms with E-state index in [0.717, 1.165) is 24.1 Å². The van der Waals surface area contributed by atoms with Gasteiger partial charge in [0.25, 0.3) is 0 Å². The van der Waals surface area contributed by atoms with E-state index in [9.17, 15) is 4.79 Å². The predicted molar refractivity (Wildman–Crippen MR) is 82.0 cm³/mol. The minimum atomic E-state index is -0.920. The number of rotatable bonds is 5. The first kappa shape index (κ1) is 14.6. The van der Waals surface area contributed by atoms with E-state index in [-0.39, 0.29) is 0 Å². The number of likely N-dealkylation sites (tertiary alicyclic amines) is 1. The lowest BCUT2D eigenvalue weighted by Crippen LogP contribution is -2.27. The van der Waals surface area contributed by atoms with Crippen molar-refractivity contribution >= 4 is 17.7 Å². The summed E-state index contributed by atoms with van der Waals surface area (Å²) in [5.41, 5.74) is 2.08. The van der Waals surface area contributed by atoms with Gasteiger partial charge in [-0.05, 0) is 49.7 Å². The van der Waals surface area contributed by atoms with Crippen LogP contribution in [0, 0.1) is 5.92 Å². The lowest BCUT2D eigenvalue weighted by atomic mass is 10.1. The van der Waals surface area contributed by atoms with Gasteiger partial charge in [0.15, 0.2) is 0 Å². The minimum Gasteiger partial charge on any atom is -0.478 e. The molecule has 20 heavy (non-hydrogen) atoms. The number of benzene rings is 1. The van der Waals surface area contributed by atoms with Crippen molar-refractivity contribution in [2.45, 2.75) is 6.42 Å². The number of anilines is 1. The Labute approximate surface area is 120 Å². The number of carboxylic acids is 1. The number of hydrogen-bond donors (Lipinski definition) is 1. The highest BCUT2D eigenvalue weighted by molar-refractivity contribution is 5.85. The van der Waals surface area contributed by atoms with Crippen molar-refractivity contribution in [3.63, 3.8) is 0 Å². The molecule has 0 saturated carbocycles. The van der Waals surface area contributed by atoms with Crippen LogP contribution >= 0.6 is 0 Å². The normalized spacial score (nSPS) is 19.6. The summed E-state index contributed by atoms with van der Waals surface area (Å²) in [6.07, 6.45) is 4.03. The molecule has 108 valence electrons. The number of hydrogen-bond acceptors (Lipinski definition) is 3. The maximum absolute atomic E-state index is 10.5. The summed E-state index contributed by atoms with van der Waals surface area (Å²) in [5, 5.41) is 8.60. The molecular weight excluding hydrogens is 252 g/mol. The van der Waals surface area contributed by atoms with Crippen molar-refractivity contribution < 1.29 is 9.90 Å². The van der Waals surface area contributed by atoms with E-state index < -0.39 is 5.97 Å². The second kappa shape index (κ2) is 6.57. The van der Waals surface area contributed by atoms with E-state index in [1.807, 2.05) is 24.3 Å². The molecule has 0 bridgehead atoms. The molecule has 1 saturated heterocycles. The lowest BCUT2D eigenvalue weighted by Gasteiger charge is -2.23. The predicted octanol–water partition coefficient (Wildman–Crippen LogP) is 2.17. The van der Waals surface area contributed by atoms with Gasteiger partial charge in [0.05, 0.1) is 0 Å². The Morgan fingerprint density at radius 1 is 1.45 bits per heavy atom. The van der Waals surface area contributed by atoms with Crippen molar-refractivity contribution in [2.24, 2.45) is 5.92 Å². The monoisotopic (exact) mass is 274 g/mol. The van der Waals surface area contributed by atoms with Gasteiger partial charge < -0.3 is 14.9 Å². The Morgan fingerprint density at radius 3 is 2.70 bits per heavy atom. The summed E-state index contributed by atoms with van der Waals surface area (Å²) in [6, 6.07) is 7.98. The molecule has 1 unspecified atom stereocenters. The lowest BCUT2D eigenvalue weighted by molar-refractivity contribution is -0.131. The summed E-state index contributed by atoms with van der Waals surface area (Å²) in [6.45, 7) is 3.43. The van der Waals surface area contributed by atoms with Gasteiger partial charge in [0.1, 0.15) is 0 Å². The van der Waals surface area contributed by atoms with Crippen LogP contribution in [-0.4, -0.2) is 49.7 Å². The van der Waals surface area contributed by atoms with Crippen molar-refractivity contribution in [1.29, 1.82) is 0 Å². The topological polar surface area (TPSA) is 43.8 Å². The van der Waals surface area contributed by atoms with Crippen LogP contribution in [0.5, 0.6) is 0 Å². The van der Waals surface area contributed by atoms with Crippen molar-refractivity contribution in [3.8, 4) is 0 Å². The molecule has 1 atom stereocenters. The third-order valence-electron chi connectivity index (χ3n) is 3.77. The van der Waals surface area contributed by atoms with Gasteiger partial charge in [-0.3, -0.25) is 0 Å². The molecule has 4 nitrogen and oxygen atoms in total. The van der Waals surface area contributed by atoms with Crippen LogP contribution in [0.4, 0.5) is 5.69 Å². The molecule has 0 aliphatic carbocycles. The first-order valence-corrected chi connectivity index (χ1v) is 6.95. The third-order valence-corrected chi connectivity index (χ3v) is 3.77. The van der Waals surface area contributed by atoms with Crippen LogP contribution < -0.4 is 4.90 Å². The van der Waals surface area contributed by atoms with Crippen molar-refractivity contribution in [1.82, 2.24) is 4.90 Å². The molecule has 4 heteroatoms. The van der Waals surface area contributed by atoms with Crippen molar-refractivity contribution in [3.05, 3.63) is 35.9 Å². The fourth-order valence-corrected chi connectivity index (χ4v) is 2.68. The van der Waals surface area contributed by atoms with Crippen LogP contribution in [0.1, 0.15) is 12.0 Å². The largest absolute Gasteiger partial charge is 0.478 e. The molecule has 1 aliphatic rings. The second-order valence-corrected chi connectivity index (χ2v) is 5.56. The first-order valence-electron chi connectivity index (χ1n) is 6.95. The standard InChI is InChI=1S/C16H22N2O2/c1-17-10-9-14(11-17)12-18(2)15-6-3-13(4-7-15)5-8-16(19)20/h3-8,14H,9-12H2,1-2H3,(H,19,20). The molecule has 1 heterocycles. The molecule has 1 aromatic carbocycles. The molecule has 0 radical (unpaired) electrons. The molecule has 1 N–H and O–H groups in total. The van der Waals surface area contributed by atoms with E-state index in [2.05, 4.69) is 23.9 Å². The zero-order chi connectivity index (χ0) is 14.5. The van der Waals surface area contributed by atoms with Gasteiger partial charge in [0.2, 0.25) is 0 Å². The highest BCUT2D eigenvalue weighted by Crippen LogP contribution is 2.20. The third kappa shape index (κ3) is 4.10. The fraction of sp³-hybridized carbons (Fsp3) is 0.438. The smallest absolute Gasteiger partial charge is 0.328 e. The zero-order valence-corrected chi connectivity index (χ0v) is 12.1. The Kier molecular flexibility index (Phi) is 4.79. The van der Waals surface area contributed by atoms with Gasteiger partial charge >= 0.3 is 5.97 Å². The van der Waals surface area contributed by atoms with E-state index in [0.29, 0.717) is 0 Å². The summed E-state index contributed by atoms with van der Waals surface area (Å²) in [5.74, 6) is -0.187. The number of carbonyl (C=O) groups is 1. The van der Waals surface area contributed by atoms with Gasteiger partial charge in [-0.2, -0.15) is 0 Å². The Hall–Kier alpha value is -1.81. The maximum Gasteiger partial charge on any atom is 0.328 e. The molecule has 0 amide bonds. The van der Waals surface area contributed by atoms with Gasteiger partial charge in [-0.25, -0.2) is 4.79 Å². The molecule has 0 aromatic heterocycles. The number of nitrogens with zero attached hydrogens (tertiary/aromatic N) is 2. The second-order valence-electron chi connectivity index (χ2n) is 5.56. The van der Waals surface area contributed by atoms with E-state index in [1.54, 1.807) is 6.08 Å². The molecule has 0 spiro atoms. The van der Waals surface area contributed by atoms with E-state index in [4.69, 9.17) is 5.11 Å². The quantitative estimate of drug-likeness (QED) is 0.836. The van der Waals surface area contributed by atoms with E-state index >= 15 is 0 Å². The van der Waals surface area contributed by atoms with Crippen LogP contribution in [0.3, 0.4) is 0 Å². The SMILES string of the molecule is CN1CCC(CN(C)c2ccc(C=CC(=O)O)cc2)C1. The molecule has 2 rings (SSSR count). The molecular formula is C16H22N2O2. The van der Waals surface area contributed by atoms with Gasteiger partial charge in [-0.15, -0.1) is 0 Å². The summed E-state index contributed by atoms with van der Waals surface area (Å²) >= 11 is 0. The molecule has 1 aromatic rings. The van der Waals surface area contributed by atoms with Gasteiger partial charge in [0, 0.05) is 31.9 Å². The van der Waals surface area contributed by atoms with Crippen LogP contribution in [-0.2, 0) is 4.79 Å². The zero-order valence-electron chi connectivity index (χ0n) is 12.1. The first-order chi connectivity index (χ1) is 9.54. The molecule has 1 aliphatic heterocycles. The Balaban J connectivity index is 1.93. The Morgan fingerprint density at radius 2 is 2.15 bits per heavy atom. The van der Waals surface area contributed by atoms with E-state index in [1.165, 1.54) is 25.2 Å². The fourth-order valence-electron chi connectivity index (χ4n) is 2.68. The highest BCUT2D eigenvalue weighted by Gasteiger charge is 2.20. The summed E-state index contributed by atoms with van der Waals surface area (Å²) in [4.78, 5) is 15.1. The van der Waals surface area contributed by atoms with Gasteiger partial charge in [-0.1, -0.05) is 12.1 Å². The van der Waals surface area contributed by atoms with Crippen LogP contribution in [0.2, 0.25) is 0 Å². The maximum atomic E-state index is 10.5. The minimum absolute atomic E-state index is 0.733. The highest BCUT2D eigenvalue weighted by atomic mass is 16.4. The number of carboxylic acid groups (broad SMARTS) is 1. The van der Waals surface area contributed by atoms with Crippen LogP contribution in [0.15, 0.2) is 30.3 Å². The Bertz CT molecular complexity index is 482. The number of aliphatic carboxylic acids is 1. The average molecular weight is 274 g/mol.